The molecule has 0 spiro atoms. The number of aromatic nitrogens is 1. The van der Waals surface area contributed by atoms with Crippen LogP contribution in [0.5, 0.6) is 0 Å². The molecule has 0 radical (unpaired) electrons. The van der Waals surface area contributed by atoms with Crippen LogP contribution in [0, 0.1) is 30.6 Å². The first-order chi connectivity index (χ1) is 19.2. The number of aliphatic imine (C=N–C) groups is 1. The van der Waals surface area contributed by atoms with Gasteiger partial charge in [-0.3, -0.25) is 0 Å². The predicted molar refractivity (Wildman–Crippen MR) is 169 cm³/mol. The van der Waals surface area contributed by atoms with Crippen LogP contribution in [0.4, 0.5) is 17.1 Å². The minimum Gasteiger partial charge on any atom is -0.397 e. The average molecular weight is 536 g/mol. The molecule has 0 saturated heterocycles. The van der Waals surface area contributed by atoms with Gasteiger partial charge in [-0.1, -0.05) is 30.2 Å². The number of allylic oxidation sites excluding steroid dienone is 2. The summed E-state index contributed by atoms with van der Waals surface area (Å²) in [6, 6.07) is 13.2. The second kappa shape index (κ2) is 12.3. The van der Waals surface area contributed by atoms with Gasteiger partial charge in [0.1, 0.15) is 6.07 Å². The number of nitrogen functional groups attached to an aromatic ring is 1. The lowest BCUT2D eigenvalue weighted by Gasteiger charge is -2.27. The lowest BCUT2D eigenvalue weighted by Crippen LogP contribution is -2.35. The number of nitrogens with two attached hydrogens (primary N) is 1. The van der Waals surface area contributed by atoms with Crippen LogP contribution in [0.2, 0.25) is 0 Å². The first-order valence-electron chi connectivity index (χ1n) is 14.0. The van der Waals surface area contributed by atoms with E-state index in [0.29, 0.717) is 23.0 Å². The van der Waals surface area contributed by atoms with E-state index >= 15 is 0 Å². The van der Waals surface area contributed by atoms with Crippen molar-refractivity contribution in [1.82, 2.24) is 9.47 Å². The fourth-order valence-electron chi connectivity index (χ4n) is 5.25. The van der Waals surface area contributed by atoms with E-state index in [1.165, 1.54) is 11.1 Å². The molecule has 40 heavy (non-hydrogen) atoms. The molecule has 0 fully saturated rings. The number of nitrogens with one attached hydrogen (secondary N) is 1. The van der Waals surface area contributed by atoms with Crippen LogP contribution in [-0.4, -0.2) is 54.6 Å². The summed E-state index contributed by atoms with van der Waals surface area (Å²) in [5.74, 6) is 2.77. The Bertz CT molecular complexity index is 1530. The largest absolute Gasteiger partial charge is 0.397 e. The molecule has 1 aromatic heterocycles. The van der Waals surface area contributed by atoms with Gasteiger partial charge in [-0.25, -0.2) is 4.99 Å². The highest BCUT2D eigenvalue weighted by Gasteiger charge is 2.22. The van der Waals surface area contributed by atoms with Gasteiger partial charge in [-0.2, -0.15) is 5.26 Å². The molecule has 1 aliphatic rings. The first-order valence-corrected chi connectivity index (χ1v) is 14.0. The Kier molecular flexibility index (Phi) is 8.87. The maximum atomic E-state index is 10.0. The van der Waals surface area contributed by atoms with Gasteiger partial charge < -0.3 is 25.4 Å². The number of terminal acetylenes is 1. The lowest BCUT2D eigenvalue weighted by molar-refractivity contribution is 0.280. The monoisotopic (exact) mass is 535 g/mol. The van der Waals surface area contributed by atoms with E-state index in [0.717, 1.165) is 60.4 Å². The van der Waals surface area contributed by atoms with Gasteiger partial charge in [0.15, 0.2) is 6.17 Å². The molecule has 3 aromatic rings. The quantitative estimate of drug-likeness (QED) is 0.153. The molecule has 3 N–H and O–H groups in total. The van der Waals surface area contributed by atoms with Crippen molar-refractivity contribution in [1.29, 1.82) is 5.26 Å². The highest BCUT2D eigenvalue weighted by molar-refractivity contribution is 6.21. The second-order valence-electron chi connectivity index (χ2n) is 10.9. The van der Waals surface area contributed by atoms with E-state index in [1.807, 2.05) is 19.9 Å². The summed E-state index contributed by atoms with van der Waals surface area (Å²) < 4.78 is 2.28. The van der Waals surface area contributed by atoms with Crippen LogP contribution in [-0.2, 0) is 13.0 Å². The van der Waals surface area contributed by atoms with Gasteiger partial charge in [0.25, 0.3) is 0 Å². The molecule has 7 heteroatoms. The van der Waals surface area contributed by atoms with Crippen molar-refractivity contribution in [3.05, 3.63) is 64.9 Å². The van der Waals surface area contributed by atoms with Gasteiger partial charge in [-0.15, -0.1) is 6.42 Å². The van der Waals surface area contributed by atoms with E-state index in [1.54, 1.807) is 6.08 Å². The van der Waals surface area contributed by atoms with Crippen LogP contribution >= 0.6 is 0 Å². The molecule has 1 unspecified atom stereocenters. The number of hydrogen-bond acceptors (Lipinski definition) is 6. The number of likely N-dealkylation sites (N-methyl/N-ethyl adjacent to an activating group) is 2. The topological polar surface area (TPSA) is 85.6 Å². The number of nitriles is 1. The zero-order valence-electron chi connectivity index (χ0n) is 24.6. The minimum absolute atomic E-state index is 0.486. The van der Waals surface area contributed by atoms with Crippen LogP contribution in [0.3, 0.4) is 0 Å². The standard InChI is InChI=1S/C33H41N7/c1-8-24(20-34)32(27-21-40-15-11-13-25-12-10-14-26(27)33(25)40)37-31(9-2)36-29-19-28(35)30(18-23(29)5)39(7)17-16-38(6)22(3)4/h2,8,10,12,14,18-19,21-22,31,36H,11,13,15-17,35H2,1,3-7H3/b24-8-,37-32?. The molecule has 1 atom stereocenters. The molecular formula is C33H41N7. The Balaban J connectivity index is 1.67. The number of aryl methyl sites for hydroxylation is 3. The third-order valence-corrected chi connectivity index (χ3v) is 7.91. The highest BCUT2D eigenvalue weighted by atomic mass is 15.2. The summed E-state index contributed by atoms with van der Waals surface area (Å²) >= 11 is 0. The van der Waals surface area contributed by atoms with E-state index in [2.05, 4.69) is 90.1 Å². The third-order valence-electron chi connectivity index (χ3n) is 7.91. The maximum absolute atomic E-state index is 10.0. The van der Waals surface area contributed by atoms with Crippen LogP contribution < -0.4 is 16.0 Å². The van der Waals surface area contributed by atoms with E-state index in [-0.39, 0.29) is 0 Å². The first kappa shape index (κ1) is 28.8. The summed E-state index contributed by atoms with van der Waals surface area (Å²) in [6.07, 6.45) is 11.4. The molecule has 2 aromatic carbocycles. The molecule has 0 aliphatic carbocycles. The second-order valence-corrected chi connectivity index (χ2v) is 10.9. The zero-order chi connectivity index (χ0) is 29.0. The SMILES string of the molecule is C#CC(N=C(/C(C#N)=C\C)c1cn2c3c(cccc13)CCC2)Nc1cc(N)c(N(C)CCN(C)C(C)C)cc1C. The molecule has 1 aliphatic heterocycles. The molecule has 4 rings (SSSR count). The summed E-state index contributed by atoms with van der Waals surface area (Å²) in [4.78, 5) is 9.45. The van der Waals surface area contributed by atoms with Gasteiger partial charge >= 0.3 is 0 Å². The van der Waals surface area contributed by atoms with Gasteiger partial charge in [0.2, 0.25) is 0 Å². The number of rotatable bonds is 10. The predicted octanol–water partition coefficient (Wildman–Crippen LogP) is 5.58. The summed E-state index contributed by atoms with van der Waals surface area (Å²) in [6.45, 7) is 11.0. The van der Waals surface area contributed by atoms with E-state index < -0.39 is 6.17 Å². The Labute approximate surface area is 239 Å². The van der Waals surface area contributed by atoms with E-state index in [9.17, 15) is 5.26 Å². The number of hydrogen-bond donors (Lipinski definition) is 2. The number of nitrogens with zero attached hydrogens (tertiary/aromatic N) is 5. The minimum atomic E-state index is -0.689. The summed E-state index contributed by atoms with van der Waals surface area (Å²) in [5.41, 5.74) is 14.6. The Morgan fingerprint density at radius 3 is 2.73 bits per heavy atom. The van der Waals surface area contributed by atoms with Crippen molar-refractivity contribution >= 4 is 33.7 Å². The van der Waals surface area contributed by atoms with Crippen molar-refractivity contribution in [3.63, 3.8) is 0 Å². The number of benzene rings is 2. The number of anilines is 3. The van der Waals surface area contributed by atoms with Gasteiger partial charge in [-0.05, 0) is 70.8 Å². The molecule has 208 valence electrons. The molecule has 7 nitrogen and oxygen atoms in total. The maximum Gasteiger partial charge on any atom is 0.182 e. The van der Waals surface area contributed by atoms with Crippen LogP contribution in [0.15, 0.2) is 53.2 Å². The van der Waals surface area contributed by atoms with Crippen molar-refractivity contribution < 1.29 is 0 Å². The van der Waals surface area contributed by atoms with Crippen molar-refractivity contribution in [2.75, 3.05) is 43.1 Å². The Hall–Kier alpha value is -4.20. The third kappa shape index (κ3) is 5.86. The molecular weight excluding hydrogens is 494 g/mol. The van der Waals surface area contributed by atoms with Crippen molar-refractivity contribution in [2.24, 2.45) is 4.99 Å². The summed E-state index contributed by atoms with van der Waals surface area (Å²) in [7, 11) is 4.19. The van der Waals surface area contributed by atoms with Gasteiger partial charge in [0, 0.05) is 55.6 Å². The highest BCUT2D eigenvalue weighted by Crippen LogP contribution is 2.32. The fraction of sp³-hybridized carbons (Fsp3) is 0.394. The molecule has 2 heterocycles. The Morgan fingerprint density at radius 1 is 1.27 bits per heavy atom. The lowest BCUT2D eigenvalue weighted by atomic mass is 9.99. The summed E-state index contributed by atoms with van der Waals surface area (Å²) in [5, 5.41) is 14.5. The molecule has 0 bridgehead atoms. The molecule has 0 amide bonds. The van der Waals surface area contributed by atoms with E-state index in [4.69, 9.17) is 17.1 Å². The van der Waals surface area contributed by atoms with Crippen LogP contribution in [0.25, 0.3) is 10.9 Å². The van der Waals surface area contributed by atoms with Crippen molar-refractivity contribution in [2.45, 2.75) is 59.3 Å². The number of para-hydroxylation sites is 1. The molecule has 0 saturated carbocycles. The van der Waals surface area contributed by atoms with Crippen molar-refractivity contribution in [3.8, 4) is 18.4 Å². The Morgan fingerprint density at radius 2 is 2.05 bits per heavy atom. The smallest absolute Gasteiger partial charge is 0.182 e. The normalized spacial score (nSPS) is 14.3. The average Bonchev–Trinajstić information content (AvgIpc) is 3.32. The zero-order valence-corrected chi connectivity index (χ0v) is 24.6. The van der Waals surface area contributed by atoms with Crippen LogP contribution in [0.1, 0.15) is 43.9 Å². The van der Waals surface area contributed by atoms with Gasteiger partial charge in [0.05, 0.1) is 28.2 Å². The fourth-order valence-corrected chi connectivity index (χ4v) is 5.25.